The summed E-state index contributed by atoms with van der Waals surface area (Å²) in [6.45, 7) is 1.91. The molecule has 0 unspecified atom stereocenters. The molecule has 0 bridgehead atoms. The topological polar surface area (TPSA) is 66.9 Å². The highest BCUT2D eigenvalue weighted by Crippen LogP contribution is 2.34. The Morgan fingerprint density at radius 2 is 1.74 bits per heavy atom. The molecule has 1 aromatic carbocycles. The van der Waals surface area contributed by atoms with Gasteiger partial charge in [-0.15, -0.1) is 0 Å². The van der Waals surface area contributed by atoms with Crippen LogP contribution in [0.5, 0.6) is 0 Å². The summed E-state index contributed by atoms with van der Waals surface area (Å²) in [6, 6.07) is 11.5. The molecule has 31 heavy (non-hydrogen) atoms. The van der Waals surface area contributed by atoms with E-state index in [0.29, 0.717) is 22.3 Å². The quantitative estimate of drug-likeness (QED) is 0.606. The summed E-state index contributed by atoms with van der Waals surface area (Å²) >= 11 is 0. The van der Waals surface area contributed by atoms with Crippen molar-refractivity contribution in [2.24, 2.45) is 0 Å². The molecular formula is C23H23F3N4O. The van der Waals surface area contributed by atoms with Gasteiger partial charge in [0.05, 0.1) is 5.52 Å². The fourth-order valence-corrected chi connectivity index (χ4v) is 3.96. The first-order chi connectivity index (χ1) is 14.8. The summed E-state index contributed by atoms with van der Waals surface area (Å²) in [4.78, 5) is 20.3. The highest BCUT2D eigenvalue weighted by Gasteiger charge is 2.33. The van der Waals surface area contributed by atoms with Crippen LogP contribution in [0.3, 0.4) is 0 Å². The van der Waals surface area contributed by atoms with Gasteiger partial charge in [-0.2, -0.15) is 13.2 Å². The van der Waals surface area contributed by atoms with Crippen LogP contribution in [0.2, 0.25) is 0 Å². The number of halogens is 3. The number of anilines is 1. The molecule has 2 aromatic heterocycles. The van der Waals surface area contributed by atoms with Gasteiger partial charge in [-0.3, -0.25) is 9.78 Å². The number of carbonyl (C=O) groups excluding carboxylic acids is 1. The van der Waals surface area contributed by atoms with Gasteiger partial charge in [0.15, 0.2) is 0 Å². The lowest BCUT2D eigenvalue weighted by Gasteiger charge is -2.30. The summed E-state index contributed by atoms with van der Waals surface area (Å²) in [5, 5.41) is 6.97. The van der Waals surface area contributed by atoms with Crippen LogP contribution in [0.15, 0.2) is 48.7 Å². The van der Waals surface area contributed by atoms with E-state index in [1.807, 2.05) is 13.0 Å². The number of fused-ring (bicyclic) bond motifs is 1. The van der Waals surface area contributed by atoms with Gasteiger partial charge in [-0.25, -0.2) is 4.98 Å². The third-order valence-electron chi connectivity index (χ3n) is 5.58. The Kier molecular flexibility index (Phi) is 5.80. The molecule has 0 spiro atoms. The minimum absolute atomic E-state index is 0.0211. The van der Waals surface area contributed by atoms with Crippen molar-refractivity contribution in [2.45, 2.75) is 50.9 Å². The number of benzene rings is 1. The van der Waals surface area contributed by atoms with Gasteiger partial charge in [0.2, 0.25) is 0 Å². The average Bonchev–Trinajstić information content (AvgIpc) is 2.74. The second-order valence-electron chi connectivity index (χ2n) is 7.95. The first-order valence-corrected chi connectivity index (χ1v) is 10.3. The van der Waals surface area contributed by atoms with Crippen molar-refractivity contribution in [3.05, 3.63) is 65.6 Å². The number of alkyl halides is 3. The van der Waals surface area contributed by atoms with E-state index >= 15 is 0 Å². The number of nitrogens with one attached hydrogen (secondary N) is 2. The maximum Gasteiger partial charge on any atom is 0.433 e. The van der Waals surface area contributed by atoms with E-state index in [9.17, 15) is 18.0 Å². The first-order valence-electron chi connectivity index (χ1n) is 10.3. The SMILES string of the molecule is Cc1ccnc(C(=O)N[C@H]2CC[C@@H](Nc3cc(C(F)(F)F)nc4ccccc34)CC2)c1. The molecule has 0 atom stereocenters. The molecule has 1 saturated carbocycles. The van der Waals surface area contributed by atoms with Crippen LogP contribution in [0.1, 0.15) is 47.4 Å². The number of hydrogen-bond donors (Lipinski definition) is 2. The van der Waals surface area contributed by atoms with E-state index < -0.39 is 11.9 Å². The van der Waals surface area contributed by atoms with Crippen molar-refractivity contribution in [3.63, 3.8) is 0 Å². The number of nitrogens with zero attached hydrogens (tertiary/aromatic N) is 2. The van der Waals surface area contributed by atoms with Crippen molar-refractivity contribution >= 4 is 22.5 Å². The Morgan fingerprint density at radius 3 is 2.45 bits per heavy atom. The highest BCUT2D eigenvalue weighted by atomic mass is 19.4. The molecule has 3 aromatic rings. The standard InChI is InChI=1S/C23H23F3N4O/c1-14-10-11-27-20(12-14)22(31)29-16-8-6-15(7-9-16)28-19-13-21(23(24,25)26)30-18-5-3-2-4-17(18)19/h2-5,10-13,15-16H,6-9H2,1H3,(H,28,30)(H,29,31)/t15-,16+. The molecule has 1 aliphatic rings. The summed E-state index contributed by atoms with van der Waals surface area (Å²) < 4.78 is 39.8. The zero-order valence-electron chi connectivity index (χ0n) is 17.0. The largest absolute Gasteiger partial charge is 0.433 e. The lowest BCUT2D eigenvalue weighted by molar-refractivity contribution is -0.140. The Morgan fingerprint density at radius 1 is 1.03 bits per heavy atom. The number of aryl methyl sites for hydroxylation is 1. The van der Waals surface area contributed by atoms with Gasteiger partial charge in [-0.1, -0.05) is 18.2 Å². The summed E-state index contributed by atoms with van der Waals surface area (Å²) in [5.41, 5.74) is 1.21. The van der Waals surface area contributed by atoms with Crippen LogP contribution in [-0.2, 0) is 6.18 Å². The van der Waals surface area contributed by atoms with Crippen molar-refractivity contribution in [2.75, 3.05) is 5.32 Å². The lowest BCUT2D eigenvalue weighted by atomic mass is 9.90. The Balaban J connectivity index is 1.42. The van der Waals surface area contributed by atoms with Crippen molar-refractivity contribution in [1.82, 2.24) is 15.3 Å². The Bertz CT molecular complexity index is 1090. The lowest BCUT2D eigenvalue weighted by Crippen LogP contribution is -2.40. The van der Waals surface area contributed by atoms with E-state index in [4.69, 9.17) is 0 Å². The molecule has 5 nitrogen and oxygen atoms in total. The fourth-order valence-electron chi connectivity index (χ4n) is 3.96. The molecule has 2 heterocycles. The summed E-state index contributed by atoms with van der Waals surface area (Å²) in [6.07, 6.45) is 0.0642. The molecule has 1 fully saturated rings. The Hall–Kier alpha value is -3.16. The second kappa shape index (κ2) is 8.53. The van der Waals surface area contributed by atoms with Gasteiger partial charge >= 0.3 is 6.18 Å². The molecule has 1 amide bonds. The summed E-state index contributed by atoms with van der Waals surface area (Å²) in [7, 11) is 0. The number of aromatic nitrogens is 2. The highest BCUT2D eigenvalue weighted by molar-refractivity contribution is 5.93. The third-order valence-corrected chi connectivity index (χ3v) is 5.58. The Labute approximate surface area is 178 Å². The van der Waals surface area contributed by atoms with Gasteiger partial charge in [0, 0.05) is 29.4 Å². The molecule has 162 valence electrons. The second-order valence-corrected chi connectivity index (χ2v) is 7.95. The van der Waals surface area contributed by atoms with Crippen molar-refractivity contribution in [3.8, 4) is 0 Å². The number of pyridine rings is 2. The number of hydrogen-bond acceptors (Lipinski definition) is 4. The van der Waals surface area contributed by atoms with Crippen molar-refractivity contribution in [1.29, 1.82) is 0 Å². The predicted octanol–water partition coefficient (Wildman–Crippen LogP) is 5.11. The maximum atomic E-state index is 13.3. The van der Waals surface area contributed by atoms with E-state index in [1.54, 1.807) is 36.5 Å². The molecule has 0 saturated heterocycles. The van der Waals surface area contributed by atoms with Crippen LogP contribution in [0, 0.1) is 6.92 Å². The number of amides is 1. The minimum atomic E-state index is -4.51. The first kappa shape index (κ1) is 21.1. The molecule has 8 heteroatoms. The zero-order chi connectivity index (χ0) is 22.0. The molecule has 0 radical (unpaired) electrons. The van der Waals surface area contributed by atoms with E-state index in [1.165, 1.54) is 0 Å². The van der Waals surface area contributed by atoms with Gasteiger partial charge in [0.25, 0.3) is 5.91 Å². The van der Waals surface area contributed by atoms with E-state index in [0.717, 1.165) is 37.3 Å². The number of carbonyl (C=O) groups is 1. The van der Waals surface area contributed by atoms with Crippen LogP contribution in [0.25, 0.3) is 10.9 Å². The van der Waals surface area contributed by atoms with Crippen LogP contribution >= 0.6 is 0 Å². The molecule has 0 aliphatic heterocycles. The predicted molar refractivity (Wildman–Crippen MR) is 113 cm³/mol. The summed E-state index contributed by atoms with van der Waals surface area (Å²) in [5.74, 6) is -0.199. The van der Waals surface area contributed by atoms with Gasteiger partial charge in [0.1, 0.15) is 11.4 Å². The van der Waals surface area contributed by atoms with E-state index in [-0.39, 0.29) is 18.0 Å². The van der Waals surface area contributed by atoms with Crippen LogP contribution in [-0.4, -0.2) is 28.0 Å². The monoisotopic (exact) mass is 428 g/mol. The smallest absolute Gasteiger partial charge is 0.382 e. The third kappa shape index (κ3) is 4.95. The van der Waals surface area contributed by atoms with Gasteiger partial charge < -0.3 is 10.6 Å². The molecular weight excluding hydrogens is 405 g/mol. The van der Waals surface area contributed by atoms with Crippen LogP contribution in [0.4, 0.5) is 18.9 Å². The normalized spacial score (nSPS) is 19.2. The molecule has 2 N–H and O–H groups in total. The van der Waals surface area contributed by atoms with Gasteiger partial charge in [-0.05, 0) is 62.4 Å². The zero-order valence-corrected chi connectivity index (χ0v) is 17.0. The number of para-hydroxylation sites is 1. The average molecular weight is 428 g/mol. The van der Waals surface area contributed by atoms with E-state index in [2.05, 4.69) is 20.6 Å². The molecule has 4 rings (SSSR count). The van der Waals surface area contributed by atoms with Crippen LogP contribution < -0.4 is 10.6 Å². The van der Waals surface area contributed by atoms with Crippen molar-refractivity contribution < 1.29 is 18.0 Å². The minimum Gasteiger partial charge on any atom is -0.382 e. The number of rotatable bonds is 4. The molecule has 1 aliphatic carbocycles. The maximum absolute atomic E-state index is 13.3. The fraction of sp³-hybridized carbons (Fsp3) is 0.348.